The Bertz CT molecular complexity index is 1310. The van der Waals surface area contributed by atoms with Gasteiger partial charge in [-0.1, -0.05) is 24.3 Å². The standard InChI is InChI=1S/C25H19FN2O6/c1-31-21-14-22(32-2)28-25(27-21)34-20-8-4-7-19(23(20)24(29)30)15-5-3-6-18(13-15)33-17-11-9-16(26)10-12-17/h3-14H,1-2H3,(H,29,30). The number of aromatic nitrogens is 2. The molecule has 1 N–H and O–H groups in total. The Labute approximate surface area is 194 Å². The molecular formula is C25H19FN2O6. The van der Waals surface area contributed by atoms with E-state index in [1.165, 1.54) is 50.6 Å². The van der Waals surface area contributed by atoms with E-state index in [0.717, 1.165) is 0 Å². The molecule has 9 heteroatoms. The minimum Gasteiger partial charge on any atom is -0.481 e. The smallest absolute Gasteiger partial charge is 0.340 e. The van der Waals surface area contributed by atoms with Gasteiger partial charge in [-0.05, 0) is 48.0 Å². The summed E-state index contributed by atoms with van der Waals surface area (Å²) in [6.45, 7) is 0. The number of hydrogen-bond donors (Lipinski definition) is 1. The molecule has 4 rings (SSSR count). The minimum absolute atomic E-state index is 0.0326. The number of benzene rings is 3. The third kappa shape index (κ3) is 5.04. The van der Waals surface area contributed by atoms with E-state index in [1.807, 2.05) is 0 Å². The number of nitrogens with zero attached hydrogens (tertiary/aromatic N) is 2. The van der Waals surface area contributed by atoms with E-state index in [9.17, 15) is 14.3 Å². The molecule has 8 nitrogen and oxygen atoms in total. The van der Waals surface area contributed by atoms with Crippen LogP contribution in [0.25, 0.3) is 11.1 Å². The number of carboxylic acids is 1. The third-order valence-corrected chi connectivity index (χ3v) is 4.71. The fourth-order valence-electron chi connectivity index (χ4n) is 3.18. The molecule has 0 fully saturated rings. The van der Waals surface area contributed by atoms with Gasteiger partial charge >= 0.3 is 12.0 Å². The molecule has 0 spiro atoms. The summed E-state index contributed by atoms with van der Waals surface area (Å²) in [5, 5.41) is 9.98. The summed E-state index contributed by atoms with van der Waals surface area (Å²) in [5.41, 5.74) is 0.878. The Balaban J connectivity index is 1.71. The molecule has 1 aromatic heterocycles. The van der Waals surface area contributed by atoms with Crippen LogP contribution in [0, 0.1) is 5.82 Å². The zero-order valence-electron chi connectivity index (χ0n) is 18.2. The summed E-state index contributed by atoms with van der Waals surface area (Å²) >= 11 is 0. The van der Waals surface area contributed by atoms with E-state index < -0.39 is 5.97 Å². The van der Waals surface area contributed by atoms with Crippen molar-refractivity contribution >= 4 is 5.97 Å². The first kappa shape index (κ1) is 22.5. The van der Waals surface area contributed by atoms with Crippen LogP contribution in [-0.4, -0.2) is 35.3 Å². The third-order valence-electron chi connectivity index (χ3n) is 4.71. The summed E-state index contributed by atoms with van der Waals surface area (Å²) in [6.07, 6.45) is 0. The summed E-state index contributed by atoms with van der Waals surface area (Å²) < 4.78 is 34.9. The van der Waals surface area contributed by atoms with E-state index in [-0.39, 0.29) is 34.9 Å². The lowest BCUT2D eigenvalue weighted by molar-refractivity contribution is 0.0695. The van der Waals surface area contributed by atoms with Gasteiger partial charge in [0, 0.05) is 5.56 Å². The van der Waals surface area contributed by atoms with Crippen LogP contribution in [0.1, 0.15) is 10.4 Å². The molecule has 0 unspecified atom stereocenters. The predicted molar refractivity (Wildman–Crippen MR) is 121 cm³/mol. The van der Waals surface area contributed by atoms with Crippen LogP contribution in [0.5, 0.6) is 35.0 Å². The topological polar surface area (TPSA) is 100 Å². The van der Waals surface area contributed by atoms with Gasteiger partial charge in [-0.3, -0.25) is 0 Å². The second-order valence-electron chi connectivity index (χ2n) is 6.90. The zero-order valence-corrected chi connectivity index (χ0v) is 18.2. The Morgan fingerprint density at radius 2 is 1.50 bits per heavy atom. The fraction of sp³-hybridized carbons (Fsp3) is 0.0800. The molecule has 172 valence electrons. The van der Waals surface area contributed by atoms with Gasteiger partial charge < -0.3 is 24.1 Å². The average molecular weight is 462 g/mol. The molecule has 0 atom stereocenters. The van der Waals surface area contributed by atoms with Gasteiger partial charge in [0.25, 0.3) is 0 Å². The summed E-state index contributed by atoms with van der Waals surface area (Å²) in [4.78, 5) is 20.4. The highest BCUT2D eigenvalue weighted by molar-refractivity contribution is 5.99. The number of carboxylic acid groups (broad SMARTS) is 1. The van der Waals surface area contributed by atoms with Crippen molar-refractivity contribution in [3.8, 4) is 46.1 Å². The van der Waals surface area contributed by atoms with Crippen molar-refractivity contribution in [1.82, 2.24) is 9.97 Å². The summed E-state index contributed by atoms with van der Waals surface area (Å²) in [6, 6.07) is 18.6. The van der Waals surface area contributed by atoms with Gasteiger partial charge in [-0.15, -0.1) is 0 Å². The van der Waals surface area contributed by atoms with E-state index in [4.69, 9.17) is 18.9 Å². The van der Waals surface area contributed by atoms with Crippen molar-refractivity contribution < 1.29 is 33.2 Å². The molecule has 0 radical (unpaired) electrons. The van der Waals surface area contributed by atoms with E-state index >= 15 is 0 Å². The molecule has 34 heavy (non-hydrogen) atoms. The van der Waals surface area contributed by atoms with Gasteiger partial charge in [-0.2, -0.15) is 9.97 Å². The maximum atomic E-state index is 13.2. The number of hydrogen-bond acceptors (Lipinski definition) is 7. The van der Waals surface area contributed by atoms with E-state index in [2.05, 4.69) is 9.97 Å². The Kier molecular flexibility index (Phi) is 6.54. The highest BCUT2D eigenvalue weighted by Gasteiger charge is 2.20. The highest BCUT2D eigenvalue weighted by atomic mass is 19.1. The van der Waals surface area contributed by atoms with Crippen LogP contribution in [0.4, 0.5) is 4.39 Å². The average Bonchev–Trinajstić information content (AvgIpc) is 2.85. The first-order valence-corrected chi connectivity index (χ1v) is 10.0. The van der Waals surface area contributed by atoms with E-state index in [1.54, 1.807) is 36.4 Å². The predicted octanol–water partition coefficient (Wildman–Crippen LogP) is 5.58. The number of carbonyl (C=O) groups is 1. The quantitative estimate of drug-likeness (QED) is 0.362. The lowest BCUT2D eigenvalue weighted by Gasteiger charge is -2.14. The first-order valence-electron chi connectivity index (χ1n) is 10.0. The van der Waals surface area contributed by atoms with Gasteiger partial charge in [0.05, 0.1) is 20.3 Å². The summed E-state index contributed by atoms with van der Waals surface area (Å²) in [5.74, 6) is -0.260. The van der Waals surface area contributed by atoms with Gasteiger partial charge in [0.1, 0.15) is 28.6 Å². The number of rotatable bonds is 8. The number of halogens is 1. The summed E-state index contributed by atoms with van der Waals surface area (Å²) in [7, 11) is 2.85. The molecule has 3 aromatic carbocycles. The Morgan fingerprint density at radius 1 is 0.824 bits per heavy atom. The van der Waals surface area contributed by atoms with E-state index in [0.29, 0.717) is 22.6 Å². The lowest BCUT2D eigenvalue weighted by Crippen LogP contribution is -2.05. The molecule has 1 heterocycles. The molecule has 0 saturated heterocycles. The number of aromatic carboxylic acids is 1. The van der Waals surface area contributed by atoms with Crippen molar-refractivity contribution in [2.75, 3.05) is 14.2 Å². The van der Waals surface area contributed by atoms with Crippen LogP contribution in [0.2, 0.25) is 0 Å². The molecule has 0 amide bonds. The largest absolute Gasteiger partial charge is 0.481 e. The van der Waals surface area contributed by atoms with Crippen LogP contribution in [-0.2, 0) is 0 Å². The van der Waals surface area contributed by atoms with Crippen LogP contribution in [0.3, 0.4) is 0 Å². The second-order valence-corrected chi connectivity index (χ2v) is 6.90. The first-order chi connectivity index (χ1) is 16.5. The fourth-order valence-corrected chi connectivity index (χ4v) is 3.18. The van der Waals surface area contributed by atoms with Gasteiger partial charge in [0.15, 0.2) is 0 Å². The molecule has 0 aliphatic rings. The van der Waals surface area contributed by atoms with Crippen molar-refractivity contribution in [3.05, 3.63) is 84.2 Å². The molecule has 4 aromatic rings. The van der Waals surface area contributed by atoms with Crippen LogP contribution < -0.4 is 18.9 Å². The molecular weight excluding hydrogens is 443 g/mol. The van der Waals surface area contributed by atoms with Crippen molar-refractivity contribution in [2.24, 2.45) is 0 Å². The van der Waals surface area contributed by atoms with Gasteiger partial charge in [0.2, 0.25) is 11.8 Å². The Morgan fingerprint density at radius 3 is 2.15 bits per heavy atom. The van der Waals surface area contributed by atoms with Crippen LogP contribution >= 0.6 is 0 Å². The highest BCUT2D eigenvalue weighted by Crippen LogP contribution is 2.35. The van der Waals surface area contributed by atoms with Crippen molar-refractivity contribution in [1.29, 1.82) is 0 Å². The monoisotopic (exact) mass is 462 g/mol. The Hall–Kier alpha value is -4.66. The maximum absolute atomic E-state index is 13.2. The minimum atomic E-state index is -1.20. The van der Waals surface area contributed by atoms with Crippen molar-refractivity contribution in [3.63, 3.8) is 0 Å². The zero-order chi connectivity index (χ0) is 24.1. The van der Waals surface area contributed by atoms with Crippen LogP contribution in [0.15, 0.2) is 72.8 Å². The molecule has 0 aliphatic carbocycles. The normalized spacial score (nSPS) is 10.4. The van der Waals surface area contributed by atoms with Gasteiger partial charge in [-0.25, -0.2) is 9.18 Å². The second kappa shape index (κ2) is 9.86. The van der Waals surface area contributed by atoms with Crippen molar-refractivity contribution in [2.45, 2.75) is 0 Å². The number of methoxy groups -OCH3 is 2. The molecule has 0 bridgehead atoms. The SMILES string of the molecule is COc1cc(OC)nc(Oc2cccc(-c3cccc(Oc4ccc(F)cc4)c3)c2C(=O)O)n1. The maximum Gasteiger partial charge on any atom is 0.340 e. The molecule has 0 aliphatic heterocycles. The number of ether oxygens (including phenoxy) is 4. The molecule has 0 saturated carbocycles. The lowest BCUT2D eigenvalue weighted by atomic mass is 9.98.